The summed E-state index contributed by atoms with van der Waals surface area (Å²) in [7, 11) is -10.3. The molecule has 0 radical (unpaired) electrons. The van der Waals surface area contributed by atoms with E-state index in [1.165, 1.54) is 0 Å². The normalized spacial score (nSPS) is 10.7. The minimum atomic E-state index is -5.14. The second-order valence-corrected chi connectivity index (χ2v) is 2.84. The standard InChI is InChI=1S/2FH2O3P.Li.H/c2*1-5(2,3)4;;/h2*(H2,2,3,4);;/q;;+1;-1. The van der Waals surface area contributed by atoms with Crippen molar-refractivity contribution in [2.45, 2.75) is 0 Å². The Morgan fingerprint density at radius 2 is 0.909 bits per heavy atom. The smallest absolute Gasteiger partial charge is 1.00 e. The summed E-state index contributed by atoms with van der Waals surface area (Å²) in [6, 6.07) is 0. The predicted octanol–water partition coefficient (Wildman–Crippen LogP) is -2.79. The van der Waals surface area contributed by atoms with Crippen molar-refractivity contribution in [2.75, 3.05) is 0 Å². The monoisotopic (exact) mass is 208 g/mol. The van der Waals surface area contributed by atoms with Gasteiger partial charge in [-0.2, -0.15) is 0 Å². The van der Waals surface area contributed by atoms with Gasteiger partial charge in [0.25, 0.3) is 0 Å². The Morgan fingerprint density at radius 1 is 0.909 bits per heavy atom. The molecule has 4 N–H and O–H groups in total. The Kier molecular flexibility index (Phi) is 10.1. The summed E-state index contributed by atoms with van der Waals surface area (Å²) in [5, 5.41) is 0. The molecule has 0 aliphatic rings. The minimum absolute atomic E-state index is 0. The van der Waals surface area contributed by atoms with Gasteiger partial charge in [-0.05, 0) is 0 Å². The molecular weight excluding hydrogens is 203 g/mol. The molecule has 11 heavy (non-hydrogen) atoms. The first-order valence-electron chi connectivity index (χ1n) is 1.50. The van der Waals surface area contributed by atoms with Gasteiger partial charge in [-0.15, -0.1) is 8.39 Å². The molecule has 0 aromatic rings. The van der Waals surface area contributed by atoms with Crippen LogP contribution in [0.5, 0.6) is 0 Å². The van der Waals surface area contributed by atoms with E-state index in [1.54, 1.807) is 0 Å². The molecule has 0 amide bonds. The van der Waals surface area contributed by atoms with Crippen molar-refractivity contribution in [1.82, 2.24) is 0 Å². The van der Waals surface area contributed by atoms with Crippen molar-refractivity contribution in [3.05, 3.63) is 0 Å². The van der Waals surface area contributed by atoms with Crippen LogP contribution in [0.4, 0.5) is 8.39 Å². The molecule has 0 heterocycles. The van der Waals surface area contributed by atoms with E-state index in [0.29, 0.717) is 0 Å². The molecule has 0 fully saturated rings. The maximum Gasteiger partial charge on any atom is 1.00 e. The molecule has 0 spiro atoms. The zero-order valence-corrected chi connectivity index (χ0v) is 7.04. The topological polar surface area (TPSA) is 115 Å². The summed E-state index contributed by atoms with van der Waals surface area (Å²) in [4.78, 5) is 27.9. The first kappa shape index (κ1) is 17.7. The van der Waals surface area contributed by atoms with Crippen molar-refractivity contribution in [1.29, 1.82) is 0 Å². The minimum Gasteiger partial charge on any atom is -1.00 e. The van der Waals surface area contributed by atoms with Gasteiger partial charge in [0.2, 0.25) is 0 Å². The van der Waals surface area contributed by atoms with Crippen LogP contribution >= 0.6 is 15.8 Å². The maximum absolute atomic E-state index is 10.4. The van der Waals surface area contributed by atoms with Crippen LogP contribution in [0.3, 0.4) is 0 Å². The molecule has 0 unspecified atom stereocenters. The Labute approximate surface area is 73.8 Å². The molecule has 0 aromatic carbocycles. The van der Waals surface area contributed by atoms with Crippen LogP contribution in [0, 0.1) is 0 Å². The van der Waals surface area contributed by atoms with Crippen LogP contribution in [-0.4, -0.2) is 19.6 Å². The van der Waals surface area contributed by atoms with E-state index in [-0.39, 0.29) is 20.3 Å². The molecule has 0 bridgehead atoms. The van der Waals surface area contributed by atoms with Crippen LogP contribution in [0.1, 0.15) is 1.43 Å². The molecule has 0 atom stereocenters. The van der Waals surface area contributed by atoms with E-state index in [0.717, 1.165) is 0 Å². The summed E-state index contributed by atoms with van der Waals surface area (Å²) in [6.45, 7) is 0. The van der Waals surface area contributed by atoms with Gasteiger partial charge >= 0.3 is 34.7 Å². The van der Waals surface area contributed by atoms with Crippen molar-refractivity contribution in [2.24, 2.45) is 0 Å². The van der Waals surface area contributed by atoms with Crippen molar-refractivity contribution < 1.29 is 57.4 Å². The molecule has 6 nitrogen and oxygen atoms in total. The summed E-state index contributed by atoms with van der Waals surface area (Å²) >= 11 is 0. The fourth-order valence-corrected chi connectivity index (χ4v) is 0. The first-order valence-corrected chi connectivity index (χ1v) is 4.51. The number of hydrogen-bond donors (Lipinski definition) is 4. The van der Waals surface area contributed by atoms with E-state index in [4.69, 9.17) is 28.7 Å². The fraction of sp³-hybridized carbons (Fsp3) is 0. The third-order valence-corrected chi connectivity index (χ3v) is 0. The Hall–Kier alpha value is 0.757. The van der Waals surface area contributed by atoms with E-state index in [9.17, 15) is 8.39 Å². The summed E-state index contributed by atoms with van der Waals surface area (Å²) < 4.78 is 38.0. The Balaban J connectivity index is -0.0000000457. The average Bonchev–Trinajstić information content (AvgIpc) is 1.12. The predicted molar refractivity (Wildman–Crippen MR) is 27.4 cm³/mol. The first-order chi connectivity index (χ1) is 4.00. The van der Waals surface area contributed by atoms with Crippen molar-refractivity contribution >= 4 is 15.8 Å². The van der Waals surface area contributed by atoms with Crippen LogP contribution < -0.4 is 18.9 Å². The van der Waals surface area contributed by atoms with Gasteiger partial charge in [0.1, 0.15) is 0 Å². The second kappa shape index (κ2) is 6.29. The van der Waals surface area contributed by atoms with Gasteiger partial charge in [0.15, 0.2) is 0 Å². The van der Waals surface area contributed by atoms with Crippen LogP contribution in [0.2, 0.25) is 0 Å². The molecule has 0 saturated heterocycles. The van der Waals surface area contributed by atoms with Crippen LogP contribution in [0.15, 0.2) is 0 Å². The van der Waals surface area contributed by atoms with Gasteiger partial charge in [-0.3, -0.25) is 19.6 Å². The fourth-order valence-electron chi connectivity index (χ4n) is 0. The van der Waals surface area contributed by atoms with E-state index < -0.39 is 15.8 Å². The summed E-state index contributed by atoms with van der Waals surface area (Å²) in [5.74, 6) is 0. The molecule has 66 valence electrons. The SMILES string of the molecule is O=P(O)(O)F.O=P(O)(O)F.[H-].[Li+]. The molecule has 0 aliphatic carbocycles. The summed E-state index contributed by atoms with van der Waals surface area (Å²) in [5.41, 5.74) is 0. The van der Waals surface area contributed by atoms with Gasteiger partial charge in [-0.1, -0.05) is 0 Å². The van der Waals surface area contributed by atoms with Crippen LogP contribution in [-0.2, 0) is 9.13 Å². The quantitative estimate of drug-likeness (QED) is 0.252. The van der Waals surface area contributed by atoms with E-state index >= 15 is 0 Å². The molecule has 0 rings (SSSR count). The Morgan fingerprint density at radius 3 is 0.909 bits per heavy atom. The third-order valence-electron chi connectivity index (χ3n) is 0. The van der Waals surface area contributed by atoms with E-state index in [2.05, 4.69) is 0 Å². The van der Waals surface area contributed by atoms with Gasteiger partial charge in [0.05, 0.1) is 0 Å². The van der Waals surface area contributed by atoms with E-state index in [1.807, 2.05) is 0 Å². The van der Waals surface area contributed by atoms with Gasteiger partial charge in [0, 0.05) is 0 Å². The Bertz CT molecular complexity index is 136. The third kappa shape index (κ3) is 1440. The largest absolute Gasteiger partial charge is 1.00 e. The van der Waals surface area contributed by atoms with Crippen molar-refractivity contribution in [3.8, 4) is 0 Å². The van der Waals surface area contributed by atoms with Gasteiger partial charge < -0.3 is 1.43 Å². The number of rotatable bonds is 0. The molecule has 0 saturated carbocycles. The maximum atomic E-state index is 10.4. The van der Waals surface area contributed by atoms with Crippen LogP contribution in [0.25, 0.3) is 0 Å². The molecular formula is H5F2LiO6P2. The summed E-state index contributed by atoms with van der Waals surface area (Å²) in [6.07, 6.45) is 0. The van der Waals surface area contributed by atoms with Crippen molar-refractivity contribution in [3.63, 3.8) is 0 Å². The zero-order valence-electron chi connectivity index (χ0n) is 6.26. The molecule has 0 aromatic heterocycles. The zero-order chi connectivity index (χ0) is 9.00. The second-order valence-electron chi connectivity index (χ2n) is 0.946. The average molecular weight is 208 g/mol. The number of hydrogen-bond acceptors (Lipinski definition) is 2. The molecule has 11 heteroatoms. The van der Waals surface area contributed by atoms with Gasteiger partial charge in [-0.25, -0.2) is 9.13 Å². The molecule has 0 aliphatic heterocycles. The number of halogens is 2.